The second kappa shape index (κ2) is 13.9. The summed E-state index contributed by atoms with van der Waals surface area (Å²) >= 11 is 0. The SMILES string of the molecule is CCCCCCCC1CCC(C2CCC(C3CCC(OC(=O)CCC)CC3)CC2)CC1. The van der Waals surface area contributed by atoms with Crippen LogP contribution in [0.25, 0.3) is 0 Å². The van der Waals surface area contributed by atoms with Crippen molar-refractivity contribution in [2.24, 2.45) is 29.6 Å². The summed E-state index contributed by atoms with van der Waals surface area (Å²) in [5.41, 5.74) is 0. The van der Waals surface area contributed by atoms with E-state index in [9.17, 15) is 4.79 Å². The van der Waals surface area contributed by atoms with Crippen molar-refractivity contribution >= 4 is 5.97 Å². The zero-order valence-electron chi connectivity index (χ0n) is 20.9. The predicted octanol–water partition coefficient (Wildman–Crippen LogP) is 8.86. The van der Waals surface area contributed by atoms with Crippen molar-refractivity contribution in [3.63, 3.8) is 0 Å². The van der Waals surface area contributed by atoms with Crippen molar-refractivity contribution < 1.29 is 9.53 Å². The molecular formula is C29H52O2. The normalized spacial score (nSPS) is 34.4. The Morgan fingerprint density at radius 1 is 0.613 bits per heavy atom. The average molecular weight is 433 g/mol. The first-order valence-electron chi connectivity index (χ1n) is 14.4. The largest absolute Gasteiger partial charge is 0.462 e. The lowest BCUT2D eigenvalue weighted by Crippen LogP contribution is -2.31. The van der Waals surface area contributed by atoms with Gasteiger partial charge in [0.2, 0.25) is 0 Å². The van der Waals surface area contributed by atoms with Gasteiger partial charge in [-0.1, -0.05) is 65.2 Å². The molecule has 0 amide bonds. The Labute approximate surface area is 193 Å². The monoisotopic (exact) mass is 432 g/mol. The fourth-order valence-corrected chi connectivity index (χ4v) is 7.20. The summed E-state index contributed by atoms with van der Waals surface area (Å²) in [5.74, 6) is 5.03. The van der Waals surface area contributed by atoms with Gasteiger partial charge in [-0.3, -0.25) is 4.79 Å². The first-order chi connectivity index (χ1) is 15.2. The Kier molecular flexibility index (Phi) is 11.2. The van der Waals surface area contributed by atoms with E-state index >= 15 is 0 Å². The van der Waals surface area contributed by atoms with Crippen LogP contribution in [0, 0.1) is 29.6 Å². The molecule has 3 aliphatic rings. The van der Waals surface area contributed by atoms with Gasteiger partial charge in [0.25, 0.3) is 0 Å². The molecule has 3 saturated carbocycles. The second-order valence-electron chi connectivity index (χ2n) is 11.4. The van der Waals surface area contributed by atoms with Crippen molar-refractivity contribution in [3.05, 3.63) is 0 Å². The number of ether oxygens (including phenoxy) is 1. The lowest BCUT2D eigenvalue weighted by molar-refractivity contribution is -0.151. The maximum absolute atomic E-state index is 11.8. The molecule has 0 spiro atoms. The van der Waals surface area contributed by atoms with E-state index in [-0.39, 0.29) is 12.1 Å². The number of hydrogen-bond acceptors (Lipinski definition) is 2. The van der Waals surface area contributed by atoms with Crippen LogP contribution >= 0.6 is 0 Å². The van der Waals surface area contributed by atoms with E-state index in [1.807, 2.05) is 0 Å². The first kappa shape index (κ1) is 25.1. The number of carbonyl (C=O) groups excluding carboxylic acids is 1. The minimum atomic E-state index is 0.0256. The fourth-order valence-electron chi connectivity index (χ4n) is 7.20. The lowest BCUT2D eigenvalue weighted by atomic mass is 9.65. The molecule has 2 heteroatoms. The Morgan fingerprint density at radius 3 is 1.61 bits per heavy atom. The number of esters is 1. The second-order valence-corrected chi connectivity index (χ2v) is 11.4. The summed E-state index contributed by atoms with van der Waals surface area (Å²) in [6.07, 6.45) is 27.3. The lowest BCUT2D eigenvalue weighted by Gasteiger charge is -2.41. The Hall–Kier alpha value is -0.530. The van der Waals surface area contributed by atoms with Crippen molar-refractivity contribution in [2.75, 3.05) is 0 Å². The third kappa shape index (κ3) is 8.39. The smallest absolute Gasteiger partial charge is 0.306 e. The van der Waals surface area contributed by atoms with Gasteiger partial charge in [0.1, 0.15) is 6.10 Å². The fraction of sp³-hybridized carbons (Fsp3) is 0.966. The van der Waals surface area contributed by atoms with Gasteiger partial charge < -0.3 is 4.74 Å². The number of rotatable bonds is 11. The van der Waals surface area contributed by atoms with E-state index in [4.69, 9.17) is 4.74 Å². The molecule has 31 heavy (non-hydrogen) atoms. The van der Waals surface area contributed by atoms with Crippen LogP contribution in [0.2, 0.25) is 0 Å². The summed E-state index contributed by atoms with van der Waals surface area (Å²) in [4.78, 5) is 11.8. The average Bonchev–Trinajstić information content (AvgIpc) is 2.80. The molecule has 3 rings (SSSR count). The third-order valence-electron chi connectivity index (χ3n) is 9.23. The molecule has 3 fully saturated rings. The summed E-state index contributed by atoms with van der Waals surface area (Å²) in [7, 11) is 0. The van der Waals surface area contributed by atoms with E-state index in [0.717, 1.165) is 48.9 Å². The van der Waals surface area contributed by atoms with Crippen LogP contribution in [0.3, 0.4) is 0 Å². The van der Waals surface area contributed by atoms with Crippen LogP contribution in [0.5, 0.6) is 0 Å². The molecule has 3 aliphatic carbocycles. The van der Waals surface area contributed by atoms with Crippen molar-refractivity contribution in [1.82, 2.24) is 0 Å². The van der Waals surface area contributed by atoms with Gasteiger partial charge in [0, 0.05) is 6.42 Å². The van der Waals surface area contributed by atoms with Crippen LogP contribution in [0.1, 0.15) is 142 Å². The number of hydrogen-bond donors (Lipinski definition) is 0. The van der Waals surface area contributed by atoms with Crippen LogP contribution in [-0.2, 0) is 9.53 Å². The molecule has 0 unspecified atom stereocenters. The molecule has 0 heterocycles. The maximum Gasteiger partial charge on any atom is 0.306 e. The molecule has 0 aromatic carbocycles. The quantitative estimate of drug-likeness (QED) is 0.241. The van der Waals surface area contributed by atoms with Crippen molar-refractivity contribution in [1.29, 1.82) is 0 Å². The summed E-state index contributed by atoms with van der Waals surface area (Å²) in [5, 5.41) is 0. The highest BCUT2D eigenvalue weighted by molar-refractivity contribution is 5.69. The van der Waals surface area contributed by atoms with E-state index < -0.39 is 0 Å². The van der Waals surface area contributed by atoms with E-state index in [1.165, 1.54) is 103 Å². The highest BCUT2D eigenvalue weighted by Gasteiger charge is 2.35. The molecule has 0 saturated heterocycles. The Bertz CT molecular complexity index is 477. The molecule has 180 valence electrons. The Balaban J connectivity index is 1.27. The van der Waals surface area contributed by atoms with Crippen LogP contribution < -0.4 is 0 Å². The van der Waals surface area contributed by atoms with E-state index in [1.54, 1.807) is 0 Å². The van der Waals surface area contributed by atoms with Gasteiger partial charge in [-0.15, -0.1) is 0 Å². The maximum atomic E-state index is 11.8. The number of unbranched alkanes of at least 4 members (excludes halogenated alkanes) is 4. The zero-order valence-corrected chi connectivity index (χ0v) is 20.9. The molecule has 0 aliphatic heterocycles. The van der Waals surface area contributed by atoms with Crippen LogP contribution in [-0.4, -0.2) is 12.1 Å². The minimum Gasteiger partial charge on any atom is -0.462 e. The molecule has 2 nitrogen and oxygen atoms in total. The highest BCUT2D eigenvalue weighted by Crippen LogP contribution is 2.46. The molecule has 0 atom stereocenters. The Morgan fingerprint density at radius 2 is 1.10 bits per heavy atom. The molecule has 0 aromatic heterocycles. The molecule has 0 N–H and O–H groups in total. The third-order valence-corrected chi connectivity index (χ3v) is 9.23. The topological polar surface area (TPSA) is 26.3 Å². The summed E-state index contributed by atoms with van der Waals surface area (Å²) in [6, 6.07) is 0. The van der Waals surface area contributed by atoms with Gasteiger partial charge in [0.15, 0.2) is 0 Å². The van der Waals surface area contributed by atoms with Gasteiger partial charge >= 0.3 is 5.97 Å². The molecule has 0 aromatic rings. The van der Waals surface area contributed by atoms with Gasteiger partial charge in [-0.2, -0.15) is 0 Å². The van der Waals surface area contributed by atoms with Gasteiger partial charge in [-0.25, -0.2) is 0 Å². The predicted molar refractivity (Wildman–Crippen MR) is 131 cm³/mol. The number of carbonyl (C=O) groups is 1. The summed E-state index contributed by atoms with van der Waals surface area (Å²) in [6.45, 7) is 4.36. The summed E-state index contributed by atoms with van der Waals surface area (Å²) < 4.78 is 5.68. The molecule has 0 radical (unpaired) electrons. The van der Waals surface area contributed by atoms with Crippen LogP contribution in [0.15, 0.2) is 0 Å². The van der Waals surface area contributed by atoms with Crippen LogP contribution in [0.4, 0.5) is 0 Å². The van der Waals surface area contributed by atoms with E-state index in [2.05, 4.69) is 13.8 Å². The molecular weight excluding hydrogens is 380 g/mol. The molecule has 0 bridgehead atoms. The minimum absolute atomic E-state index is 0.0256. The highest BCUT2D eigenvalue weighted by atomic mass is 16.5. The van der Waals surface area contributed by atoms with E-state index in [0.29, 0.717) is 6.42 Å². The standard InChI is InChI=1S/C29H52O2/c1-3-5-6-7-8-10-23-11-13-24(14-12-23)25-15-17-26(18-16-25)27-19-21-28(22-20-27)31-29(30)9-4-2/h23-28H,3-22H2,1-2H3. The van der Waals surface area contributed by atoms with Gasteiger partial charge in [-0.05, 0) is 100 Å². The van der Waals surface area contributed by atoms with Gasteiger partial charge in [0.05, 0.1) is 0 Å². The zero-order chi connectivity index (χ0) is 21.9. The van der Waals surface area contributed by atoms with Crippen molar-refractivity contribution in [3.8, 4) is 0 Å². The first-order valence-corrected chi connectivity index (χ1v) is 14.4. The van der Waals surface area contributed by atoms with Crippen molar-refractivity contribution in [2.45, 2.75) is 148 Å².